The number of nitrogens with zero attached hydrogens (tertiary/aromatic N) is 3. The lowest BCUT2D eigenvalue weighted by molar-refractivity contribution is -0.140. The van der Waals surface area contributed by atoms with E-state index < -0.39 is 11.9 Å². The van der Waals surface area contributed by atoms with Crippen molar-refractivity contribution in [3.8, 4) is 0 Å². The quantitative estimate of drug-likeness (QED) is 0.759. The average molecular weight is 349 g/mol. The number of fused-ring (bicyclic) bond motifs is 1. The van der Waals surface area contributed by atoms with Crippen LogP contribution in [0.25, 0.3) is 5.65 Å². The van der Waals surface area contributed by atoms with Crippen LogP contribution in [0, 0.1) is 0 Å². The lowest BCUT2D eigenvalue weighted by Crippen LogP contribution is -2.18. The SMILES string of the molecule is O=C(Nc1ccc2nc(C(F)(F)F)cn2c1)c1[nH]ncc1C1CCC1. The Bertz CT molecular complexity index is 939. The van der Waals surface area contributed by atoms with Gasteiger partial charge in [-0.05, 0) is 30.9 Å². The molecule has 3 heterocycles. The number of amides is 1. The fourth-order valence-electron chi connectivity index (χ4n) is 2.90. The highest BCUT2D eigenvalue weighted by molar-refractivity contribution is 6.03. The fourth-order valence-corrected chi connectivity index (χ4v) is 2.90. The number of imidazole rings is 1. The molecule has 0 unspecified atom stereocenters. The number of aromatic amines is 1. The molecule has 0 bridgehead atoms. The van der Waals surface area contributed by atoms with Crippen molar-refractivity contribution in [2.75, 3.05) is 5.32 Å². The number of H-pyrrole nitrogens is 1. The molecule has 0 atom stereocenters. The van der Waals surface area contributed by atoms with Crippen LogP contribution in [-0.4, -0.2) is 25.5 Å². The summed E-state index contributed by atoms with van der Waals surface area (Å²) in [5.41, 5.74) is 0.829. The second kappa shape index (κ2) is 5.61. The number of aromatic nitrogens is 4. The van der Waals surface area contributed by atoms with Crippen LogP contribution in [0.1, 0.15) is 46.9 Å². The number of anilines is 1. The highest BCUT2D eigenvalue weighted by Crippen LogP contribution is 2.37. The van der Waals surface area contributed by atoms with E-state index in [0.717, 1.165) is 31.0 Å². The van der Waals surface area contributed by atoms with Gasteiger partial charge in [-0.15, -0.1) is 0 Å². The Morgan fingerprint density at radius 2 is 2.08 bits per heavy atom. The fraction of sp³-hybridized carbons (Fsp3) is 0.312. The Hall–Kier alpha value is -2.84. The first kappa shape index (κ1) is 15.7. The molecule has 1 aliphatic carbocycles. The standard InChI is InChI=1S/C16H14F3N5O/c17-16(18,19)12-8-24-7-10(4-5-13(24)22-12)21-15(25)14-11(6-20-23-14)9-2-1-3-9/h4-9H,1-3H2,(H,20,23)(H,21,25). The molecule has 6 nitrogen and oxygen atoms in total. The lowest BCUT2D eigenvalue weighted by Gasteiger charge is -2.25. The monoisotopic (exact) mass is 349 g/mol. The third kappa shape index (κ3) is 2.86. The summed E-state index contributed by atoms with van der Waals surface area (Å²) in [6, 6.07) is 2.93. The van der Waals surface area contributed by atoms with Crippen LogP contribution in [0.15, 0.2) is 30.7 Å². The van der Waals surface area contributed by atoms with Crippen molar-refractivity contribution >= 4 is 17.2 Å². The van der Waals surface area contributed by atoms with Gasteiger partial charge >= 0.3 is 6.18 Å². The largest absolute Gasteiger partial charge is 0.434 e. The minimum Gasteiger partial charge on any atom is -0.319 e. The smallest absolute Gasteiger partial charge is 0.319 e. The second-order valence-corrected chi connectivity index (χ2v) is 6.09. The Balaban J connectivity index is 1.58. The minimum absolute atomic E-state index is 0.155. The highest BCUT2D eigenvalue weighted by atomic mass is 19.4. The van der Waals surface area contributed by atoms with Crippen molar-refractivity contribution in [3.05, 3.63) is 47.7 Å². The van der Waals surface area contributed by atoms with E-state index in [4.69, 9.17) is 0 Å². The number of halogens is 3. The molecular weight excluding hydrogens is 335 g/mol. The molecule has 1 saturated carbocycles. The molecule has 0 aromatic carbocycles. The first-order valence-electron chi connectivity index (χ1n) is 7.82. The van der Waals surface area contributed by atoms with Crippen LogP contribution in [0.5, 0.6) is 0 Å². The second-order valence-electron chi connectivity index (χ2n) is 6.09. The van der Waals surface area contributed by atoms with Gasteiger partial charge in [-0.1, -0.05) is 6.42 Å². The van der Waals surface area contributed by atoms with Crippen molar-refractivity contribution in [2.45, 2.75) is 31.4 Å². The maximum Gasteiger partial charge on any atom is 0.434 e. The first-order valence-corrected chi connectivity index (χ1v) is 7.82. The van der Waals surface area contributed by atoms with Crippen molar-refractivity contribution in [1.82, 2.24) is 19.6 Å². The van der Waals surface area contributed by atoms with Gasteiger partial charge < -0.3 is 9.72 Å². The Morgan fingerprint density at radius 3 is 2.76 bits per heavy atom. The van der Waals surface area contributed by atoms with Crippen LogP contribution in [0.4, 0.5) is 18.9 Å². The van der Waals surface area contributed by atoms with Gasteiger partial charge in [0.1, 0.15) is 11.3 Å². The van der Waals surface area contributed by atoms with E-state index in [1.165, 1.54) is 22.7 Å². The summed E-state index contributed by atoms with van der Waals surface area (Å²) in [6.45, 7) is 0. The van der Waals surface area contributed by atoms with Gasteiger partial charge in [-0.25, -0.2) is 4.98 Å². The first-order chi connectivity index (χ1) is 11.9. The third-order valence-corrected chi connectivity index (χ3v) is 4.44. The van der Waals surface area contributed by atoms with Crippen LogP contribution >= 0.6 is 0 Å². The lowest BCUT2D eigenvalue weighted by atomic mass is 9.80. The van der Waals surface area contributed by atoms with Crippen molar-refractivity contribution < 1.29 is 18.0 Å². The molecule has 0 aliphatic heterocycles. The van der Waals surface area contributed by atoms with Crippen LogP contribution in [0.3, 0.4) is 0 Å². The molecule has 0 radical (unpaired) electrons. The number of nitrogens with one attached hydrogen (secondary N) is 2. The molecule has 4 rings (SSSR count). The molecule has 25 heavy (non-hydrogen) atoms. The molecule has 0 spiro atoms. The number of alkyl halides is 3. The van der Waals surface area contributed by atoms with E-state index >= 15 is 0 Å². The average Bonchev–Trinajstić information content (AvgIpc) is 3.11. The molecular formula is C16H14F3N5O. The maximum atomic E-state index is 12.7. The van der Waals surface area contributed by atoms with Crippen LogP contribution in [0.2, 0.25) is 0 Å². The Morgan fingerprint density at radius 1 is 1.28 bits per heavy atom. The molecule has 3 aromatic heterocycles. The Kier molecular flexibility index (Phi) is 3.52. The van der Waals surface area contributed by atoms with E-state index in [0.29, 0.717) is 17.3 Å². The van der Waals surface area contributed by atoms with Gasteiger partial charge in [0.05, 0.1) is 11.9 Å². The van der Waals surface area contributed by atoms with Gasteiger partial charge in [0.2, 0.25) is 0 Å². The summed E-state index contributed by atoms with van der Waals surface area (Å²) >= 11 is 0. The number of carbonyl (C=O) groups excluding carboxylic acids is 1. The molecule has 0 saturated heterocycles. The zero-order valence-electron chi connectivity index (χ0n) is 13.0. The van der Waals surface area contributed by atoms with Gasteiger partial charge in [0.25, 0.3) is 5.91 Å². The molecule has 1 amide bonds. The zero-order valence-corrected chi connectivity index (χ0v) is 13.0. The normalized spacial score (nSPS) is 15.3. The van der Waals surface area contributed by atoms with Crippen molar-refractivity contribution in [1.29, 1.82) is 0 Å². The minimum atomic E-state index is -4.51. The molecule has 1 fully saturated rings. The highest BCUT2D eigenvalue weighted by Gasteiger charge is 2.34. The Labute approximate surface area is 140 Å². The predicted molar refractivity (Wildman–Crippen MR) is 83.3 cm³/mol. The summed E-state index contributed by atoms with van der Waals surface area (Å²) in [6.07, 6.45) is 2.63. The van der Waals surface area contributed by atoms with Gasteiger partial charge in [0, 0.05) is 18.0 Å². The number of hydrogen-bond donors (Lipinski definition) is 2. The summed E-state index contributed by atoms with van der Waals surface area (Å²) in [5, 5.41) is 9.34. The zero-order chi connectivity index (χ0) is 17.6. The topological polar surface area (TPSA) is 75.1 Å². The van der Waals surface area contributed by atoms with Crippen LogP contribution in [-0.2, 0) is 6.18 Å². The molecule has 1 aliphatic rings. The van der Waals surface area contributed by atoms with E-state index in [-0.39, 0.29) is 11.6 Å². The summed E-state index contributed by atoms with van der Waals surface area (Å²) in [5.74, 6) is -0.0279. The van der Waals surface area contributed by atoms with E-state index in [1.807, 2.05) is 0 Å². The third-order valence-electron chi connectivity index (χ3n) is 4.44. The molecule has 130 valence electrons. The number of hydrogen-bond acceptors (Lipinski definition) is 3. The van der Waals surface area contributed by atoms with Gasteiger partial charge in [-0.3, -0.25) is 9.89 Å². The van der Waals surface area contributed by atoms with Gasteiger partial charge in [0.15, 0.2) is 5.69 Å². The summed E-state index contributed by atoms with van der Waals surface area (Å²) < 4.78 is 39.4. The predicted octanol–water partition coefficient (Wildman–Crippen LogP) is 3.60. The van der Waals surface area contributed by atoms with Gasteiger partial charge in [-0.2, -0.15) is 18.3 Å². The summed E-state index contributed by atoms with van der Waals surface area (Å²) in [4.78, 5) is 16.0. The van der Waals surface area contributed by atoms with Crippen molar-refractivity contribution in [3.63, 3.8) is 0 Å². The number of pyridine rings is 1. The van der Waals surface area contributed by atoms with Crippen LogP contribution < -0.4 is 5.32 Å². The number of carbonyl (C=O) groups is 1. The maximum absolute atomic E-state index is 12.7. The molecule has 2 N–H and O–H groups in total. The molecule has 9 heteroatoms. The van der Waals surface area contributed by atoms with Crippen molar-refractivity contribution in [2.24, 2.45) is 0 Å². The summed E-state index contributed by atoms with van der Waals surface area (Å²) in [7, 11) is 0. The van der Waals surface area contributed by atoms with E-state index in [1.54, 1.807) is 6.20 Å². The number of rotatable bonds is 3. The molecule has 3 aromatic rings. The van der Waals surface area contributed by atoms with E-state index in [2.05, 4.69) is 20.5 Å². The van der Waals surface area contributed by atoms with E-state index in [9.17, 15) is 18.0 Å².